The first-order chi connectivity index (χ1) is 11.7. The van der Waals surface area contributed by atoms with Gasteiger partial charge in [0.15, 0.2) is 6.10 Å². The third kappa shape index (κ3) is 3.40. The summed E-state index contributed by atoms with van der Waals surface area (Å²) in [5.41, 5.74) is 1.92. The van der Waals surface area contributed by atoms with Crippen molar-refractivity contribution >= 4 is 17.6 Å². The Hall–Kier alpha value is -2.82. The van der Waals surface area contributed by atoms with Gasteiger partial charge in [0.25, 0.3) is 5.91 Å². The Bertz CT molecular complexity index is 757. The Morgan fingerprint density at radius 1 is 1.21 bits per heavy atom. The molecule has 3 rings (SSSR count). The number of hydrogen-bond acceptors (Lipinski definition) is 4. The summed E-state index contributed by atoms with van der Waals surface area (Å²) in [6, 6.07) is 14.4. The molecule has 0 fully saturated rings. The summed E-state index contributed by atoms with van der Waals surface area (Å²) in [4.78, 5) is 24.5. The molecular formula is C19H19NO4. The third-order valence-electron chi connectivity index (χ3n) is 3.79. The van der Waals surface area contributed by atoms with Gasteiger partial charge in [-0.3, -0.25) is 4.79 Å². The normalized spacial score (nSPS) is 16.0. The van der Waals surface area contributed by atoms with Gasteiger partial charge < -0.3 is 14.8 Å². The molecule has 0 saturated heterocycles. The fourth-order valence-electron chi connectivity index (χ4n) is 2.60. The van der Waals surface area contributed by atoms with Gasteiger partial charge in [0.1, 0.15) is 5.75 Å². The van der Waals surface area contributed by atoms with E-state index in [-0.39, 0.29) is 5.91 Å². The monoisotopic (exact) mass is 325 g/mol. The molecule has 5 nitrogen and oxygen atoms in total. The van der Waals surface area contributed by atoms with Crippen LogP contribution < -0.4 is 10.1 Å². The van der Waals surface area contributed by atoms with Gasteiger partial charge >= 0.3 is 5.97 Å². The summed E-state index contributed by atoms with van der Waals surface area (Å²) in [7, 11) is 0. The van der Waals surface area contributed by atoms with E-state index in [0.717, 1.165) is 12.0 Å². The van der Waals surface area contributed by atoms with E-state index in [9.17, 15) is 9.59 Å². The van der Waals surface area contributed by atoms with E-state index in [1.54, 1.807) is 24.3 Å². The van der Waals surface area contributed by atoms with Crippen LogP contribution in [0.2, 0.25) is 0 Å². The zero-order valence-electron chi connectivity index (χ0n) is 13.5. The Kier molecular flexibility index (Phi) is 4.79. The number of carbonyl (C=O) groups is 2. The van der Waals surface area contributed by atoms with Gasteiger partial charge in [0, 0.05) is 6.42 Å². The maximum atomic E-state index is 12.5. The second-order valence-electron chi connectivity index (χ2n) is 5.59. The first-order valence-corrected chi connectivity index (χ1v) is 8.00. The molecule has 0 aliphatic carbocycles. The number of fused-ring (bicyclic) bond motifs is 1. The van der Waals surface area contributed by atoms with Crippen LogP contribution in [0.25, 0.3) is 0 Å². The highest BCUT2D eigenvalue weighted by molar-refractivity contribution is 6.00. The van der Waals surface area contributed by atoms with Crippen molar-refractivity contribution in [2.75, 3.05) is 11.9 Å². The standard InChI is InChI=1S/C19H19NO4/c1-2-11-23-16-10-6-5-9-15(16)20-18(21)17-12-13-7-3-4-8-14(13)19(22)24-17/h3-10,17H,2,11-12H2,1H3,(H,20,21). The molecule has 2 aromatic carbocycles. The van der Waals surface area contributed by atoms with Crippen LogP contribution in [0.3, 0.4) is 0 Å². The lowest BCUT2D eigenvalue weighted by Crippen LogP contribution is -2.38. The van der Waals surface area contributed by atoms with Crippen molar-refractivity contribution in [1.29, 1.82) is 0 Å². The van der Waals surface area contributed by atoms with Crippen molar-refractivity contribution in [3.63, 3.8) is 0 Å². The van der Waals surface area contributed by atoms with E-state index in [1.165, 1.54) is 0 Å². The highest BCUT2D eigenvalue weighted by Gasteiger charge is 2.31. The fraction of sp³-hybridized carbons (Fsp3) is 0.263. The molecule has 1 unspecified atom stereocenters. The number of rotatable bonds is 5. The Morgan fingerprint density at radius 2 is 1.96 bits per heavy atom. The van der Waals surface area contributed by atoms with Gasteiger partial charge in [-0.15, -0.1) is 0 Å². The fourth-order valence-corrected chi connectivity index (χ4v) is 2.60. The Balaban J connectivity index is 1.74. The maximum absolute atomic E-state index is 12.5. The number of benzene rings is 2. The number of hydrogen-bond donors (Lipinski definition) is 1. The molecule has 0 bridgehead atoms. The number of para-hydroxylation sites is 2. The van der Waals surface area contributed by atoms with Crippen molar-refractivity contribution in [2.45, 2.75) is 25.9 Å². The summed E-state index contributed by atoms with van der Waals surface area (Å²) in [5.74, 6) is -0.215. The zero-order chi connectivity index (χ0) is 16.9. The van der Waals surface area contributed by atoms with Crippen LogP contribution in [-0.4, -0.2) is 24.6 Å². The third-order valence-corrected chi connectivity index (χ3v) is 3.79. The van der Waals surface area contributed by atoms with E-state index in [1.807, 2.05) is 31.2 Å². The topological polar surface area (TPSA) is 64.6 Å². The Labute approximate surface area is 140 Å². The van der Waals surface area contributed by atoms with Crippen LogP contribution in [0.4, 0.5) is 5.69 Å². The van der Waals surface area contributed by atoms with Crippen LogP contribution in [-0.2, 0) is 16.0 Å². The number of nitrogens with one attached hydrogen (secondary N) is 1. The minimum atomic E-state index is -0.841. The second kappa shape index (κ2) is 7.17. The Morgan fingerprint density at radius 3 is 2.79 bits per heavy atom. The quantitative estimate of drug-likeness (QED) is 0.858. The maximum Gasteiger partial charge on any atom is 0.339 e. The van der Waals surface area contributed by atoms with Crippen LogP contribution in [0.1, 0.15) is 29.3 Å². The van der Waals surface area contributed by atoms with Gasteiger partial charge in [-0.2, -0.15) is 0 Å². The summed E-state index contributed by atoms with van der Waals surface area (Å²) >= 11 is 0. The first kappa shape index (κ1) is 16.1. The molecular weight excluding hydrogens is 306 g/mol. The van der Waals surface area contributed by atoms with Crippen LogP contribution in [0.15, 0.2) is 48.5 Å². The molecule has 0 aromatic heterocycles. The van der Waals surface area contributed by atoms with Crippen molar-refractivity contribution in [3.8, 4) is 5.75 Å². The SMILES string of the molecule is CCCOc1ccccc1NC(=O)C1Cc2ccccc2C(=O)O1. The summed E-state index contributed by atoms with van der Waals surface area (Å²) < 4.78 is 10.9. The van der Waals surface area contributed by atoms with Gasteiger partial charge in [0.2, 0.25) is 0 Å². The molecule has 2 aromatic rings. The molecule has 0 saturated carbocycles. The van der Waals surface area contributed by atoms with E-state index in [4.69, 9.17) is 9.47 Å². The molecule has 1 heterocycles. The molecule has 1 N–H and O–H groups in total. The van der Waals surface area contributed by atoms with Gasteiger partial charge in [-0.25, -0.2) is 4.79 Å². The average Bonchev–Trinajstić information content (AvgIpc) is 2.61. The summed E-state index contributed by atoms with van der Waals surface area (Å²) in [5, 5.41) is 2.80. The van der Waals surface area contributed by atoms with Crippen LogP contribution in [0, 0.1) is 0 Å². The molecule has 124 valence electrons. The summed E-state index contributed by atoms with van der Waals surface area (Å²) in [6.07, 6.45) is 0.400. The number of carbonyl (C=O) groups excluding carboxylic acids is 2. The van der Waals surface area contributed by atoms with Crippen molar-refractivity contribution in [3.05, 3.63) is 59.7 Å². The second-order valence-corrected chi connectivity index (χ2v) is 5.59. The molecule has 0 spiro atoms. The lowest BCUT2D eigenvalue weighted by atomic mass is 9.98. The zero-order valence-corrected chi connectivity index (χ0v) is 13.5. The number of ether oxygens (including phenoxy) is 2. The van der Waals surface area contributed by atoms with E-state index in [0.29, 0.717) is 30.0 Å². The van der Waals surface area contributed by atoms with Crippen LogP contribution in [0.5, 0.6) is 5.75 Å². The number of esters is 1. The minimum Gasteiger partial charge on any atom is -0.491 e. The predicted molar refractivity (Wildman–Crippen MR) is 90.2 cm³/mol. The molecule has 5 heteroatoms. The smallest absolute Gasteiger partial charge is 0.339 e. The molecule has 1 atom stereocenters. The lowest BCUT2D eigenvalue weighted by molar-refractivity contribution is -0.125. The first-order valence-electron chi connectivity index (χ1n) is 8.00. The van der Waals surface area contributed by atoms with E-state index < -0.39 is 12.1 Å². The van der Waals surface area contributed by atoms with Gasteiger partial charge in [-0.05, 0) is 30.2 Å². The highest BCUT2D eigenvalue weighted by atomic mass is 16.5. The number of amides is 1. The van der Waals surface area contributed by atoms with Gasteiger partial charge in [-0.1, -0.05) is 37.3 Å². The van der Waals surface area contributed by atoms with Crippen molar-refractivity contribution in [2.24, 2.45) is 0 Å². The average molecular weight is 325 g/mol. The van der Waals surface area contributed by atoms with E-state index >= 15 is 0 Å². The van der Waals surface area contributed by atoms with Gasteiger partial charge in [0.05, 0.1) is 17.9 Å². The molecule has 1 aliphatic heterocycles. The number of anilines is 1. The largest absolute Gasteiger partial charge is 0.491 e. The summed E-state index contributed by atoms with van der Waals surface area (Å²) in [6.45, 7) is 2.58. The molecule has 24 heavy (non-hydrogen) atoms. The number of cyclic esters (lactones) is 1. The minimum absolute atomic E-state index is 0.356. The van der Waals surface area contributed by atoms with Crippen molar-refractivity contribution in [1.82, 2.24) is 0 Å². The van der Waals surface area contributed by atoms with Crippen molar-refractivity contribution < 1.29 is 19.1 Å². The van der Waals surface area contributed by atoms with E-state index in [2.05, 4.69) is 5.32 Å². The molecule has 1 amide bonds. The molecule has 1 aliphatic rings. The lowest BCUT2D eigenvalue weighted by Gasteiger charge is -2.24. The van der Waals surface area contributed by atoms with Crippen LogP contribution >= 0.6 is 0 Å². The molecule has 0 radical (unpaired) electrons. The highest BCUT2D eigenvalue weighted by Crippen LogP contribution is 2.26. The predicted octanol–water partition coefficient (Wildman–Crippen LogP) is 3.20.